The van der Waals surface area contributed by atoms with E-state index in [1.54, 1.807) is 42.6 Å². The number of rotatable bonds is 5. The summed E-state index contributed by atoms with van der Waals surface area (Å²) < 4.78 is 40.5. The fourth-order valence-corrected chi connectivity index (χ4v) is 3.15. The van der Waals surface area contributed by atoms with Crippen molar-refractivity contribution in [2.45, 2.75) is 12.6 Å². The fourth-order valence-electron chi connectivity index (χ4n) is 3.15. The van der Waals surface area contributed by atoms with Crippen LogP contribution in [0.4, 0.5) is 24.5 Å². The van der Waals surface area contributed by atoms with E-state index in [0.29, 0.717) is 5.69 Å². The minimum atomic E-state index is -4.53. The molecule has 0 unspecified atom stereocenters. The molecule has 0 bridgehead atoms. The molecular weight excluding hydrogens is 423 g/mol. The van der Waals surface area contributed by atoms with Gasteiger partial charge in [-0.25, -0.2) is 9.67 Å². The van der Waals surface area contributed by atoms with E-state index < -0.39 is 23.2 Å². The molecular formula is C22H16F3N5O2. The molecule has 0 aliphatic heterocycles. The average molecular weight is 439 g/mol. The monoisotopic (exact) mass is 439 g/mol. The molecule has 10 heteroatoms. The van der Waals surface area contributed by atoms with Crippen LogP contribution in [0.5, 0.6) is 0 Å². The highest BCUT2D eigenvalue weighted by atomic mass is 19.4. The molecule has 162 valence electrons. The zero-order chi connectivity index (χ0) is 22.7. The number of alkyl halides is 3. The van der Waals surface area contributed by atoms with Gasteiger partial charge in [0.05, 0.1) is 18.2 Å². The first kappa shape index (κ1) is 21.0. The average Bonchev–Trinajstić information content (AvgIpc) is 3.30. The number of carbonyl (C=O) groups is 1. The van der Waals surface area contributed by atoms with Gasteiger partial charge in [-0.2, -0.15) is 18.3 Å². The van der Waals surface area contributed by atoms with Gasteiger partial charge in [-0.05, 0) is 29.8 Å². The Hall–Kier alpha value is -4.21. The van der Waals surface area contributed by atoms with E-state index >= 15 is 0 Å². The zero-order valence-electron chi connectivity index (χ0n) is 16.5. The third-order valence-electron chi connectivity index (χ3n) is 4.60. The molecule has 4 rings (SSSR count). The highest BCUT2D eigenvalue weighted by molar-refractivity contribution is 6.01. The molecule has 0 saturated carbocycles. The van der Waals surface area contributed by atoms with Crippen molar-refractivity contribution >= 4 is 17.3 Å². The van der Waals surface area contributed by atoms with E-state index in [-0.39, 0.29) is 23.6 Å². The number of carbonyl (C=O) groups excluding carboxylic acids is 1. The van der Waals surface area contributed by atoms with E-state index in [9.17, 15) is 22.8 Å². The standard InChI is InChI=1S/C22H16F3N5O2/c23-22(24,25)16-7-4-6-15(12-16)13-19(31)30(17-8-2-1-3-9-17)18-14-26-21(28-20(18)32)29-11-5-10-27-29/h1-12,14H,13H2,(H,26,28,32). The summed E-state index contributed by atoms with van der Waals surface area (Å²) in [7, 11) is 0. The van der Waals surface area contributed by atoms with E-state index in [2.05, 4.69) is 15.1 Å². The Labute approximate surface area is 179 Å². The third kappa shape index (κ3) is 4.43. The van der Waals surface area contributed by atoms with Gasteiger partial charge >= 0.3 is 6.18 Å². The van der Waals surface area contributed by atoms with Crippen LogP contribution in [0.25, 0.3) is 5.95 Å². The molecule has 0 fully saturated rings. The Morgan fingerprint density at radius 1 is 1.06 bits per heavy atom. The number of hydrogen-bond donors (Lipinski definition) is 1. The molecule has 2 aromatic carbocycles. The zero-order valence-corrected chi connectivity index (χ0v) is 16.5. The Morgan fingerprint density at radius 2 is 1.84 bits per heavy atom. The number of para-hydroxylation sites is 1. The maximum atomic E-state index is 13.2. The second-order valence-electron chi connectivity index (χ2n) is 6.81. The number of halogens is 3. The molecule has 2 heterocycles. The lowest BCUT2D eigenvalue weighted by Gasteiger charge is -2.22. The van der Waals surface area contributed by atoms with Crippen molar-refractivity contribution in [2.24, 2.45) is 0 Å². The normalized spacial score (nSPS) is 11.3. The summed E-state index contributed by atoms with van der Waals surface area (Å²) in [6.07, 6.45) is -0.540. The second kappa shape index (κ2) is 8.50. The lowest BCUT2D eigenvalue weighted by Crippen LogP contribution is -2.33. The Balaban J connectivity index is 1.71. The fraction of sp³-hybridized carbons (Fsp3) is 0.0909. The summed E-state index contributed by atoms with van der Waals surface area (Å²) >= 11 is 0. The van der Waals surface area contributed by atoms with Gasteiger partial charge in [0.15, 0.2) is 0 Å². The molecule has 4 aromatic rings. The molecule has 2 aromatic heterocycles. The molecule has 0 radical (unpaired) electrons. The smallest absolute Gasteiger partial charge is 0.289 e. The molecule has 7 nitrogen and oxygen atoms in total. The molecule has 0 aliphatic rings. The topological polar surface area (TPSA) is 83.9 Å². The number of nitrogens with zero attached hydrogens (tertiary/aromatic N) is 4. The minimum Gasteiger partial charge on any atom is -0.289 e. The van der Waals surface area contributed by atoms with Crippen LogP contribution in [0.15, 0.2) is 84.0 Å². The summed E-state index contributed by atoms with van der Waals surface area (Å²) in [6, 6.07) is 14.5. The number of nitrogens with one attached hydrogen (secondary N) is 1. The molecule has 0 aliphatic carbocycles. The minimum absolute atomic E-state index is 0.0657. The van der Waals surface area contributed by atoms with Gasteiger partial charge in [0.25, 0.3) is 5.56 Å². The van der Waals surface area contributed by atoms with E-state index in [0.717, 1.165) is 17.0 Å². The van der Waals surface area contributed by atoms with Crippen LogP contribution in [0.3, 0.4) is 0 Å². The van der Waals surface area contributed by atoms with Gasteiger partial charge in [0, 0.05) is 18.1 Å². The van der Waals surface area contributed by atoms with Crippen LogP contribution in [-0.4, -0.2) is 25.7 Å². The summed E-state index contributed by atoms with van der Waals surface area (Å²) in [4.78, 5) is 33.9. The van der Waals surface area contributed by atoms with Crippen molar-refractivity contribution in [3.8, 4) is 5.95 Å². The Morgan fingerprint density at radius 3 is 2.50 bits per heavy atom. The lowest BCUT2D eigenvalue weighted by atomic mass is 10.1. The first-order valence-electron chi connectivity index (χ1n) is 9.46. The SMILES string of the molecule is O=C(Cc1cccc(C(F)(F)F)c1)N(c1ccccc1)c1cnc(-n2cccn2)[nH]c1=O. The van der Waals surface area contributed by atoms with E-state index in [1.165, 1.54) is 29.2 Å². The summed E-state index contributed by atoms with van der Waals surface area (Å²) in [5, 5.41) is 3.99. The van der Waals surface area contributed by atoms with Crippen molar-refractivity contribution < 1.29 is 18.0 Å². The number of hydrogen-bond acceptors (Lipinski definition) is 4. The van der Waals surface area contributed by atoms with Crippen LogP contribution in [0.2, 0.25) is 0 Å². The number of benzene rings is 2. The highest BCUT2D eigenvalue weighted by Crippen LogP contribution is 2.30. The van der Waals surface area contributed by atoms with Crippen molar-refractivity contribution in [1.29, 1.82) is 0 Å². The highest BCUT2D eigenvalue weighted by Gasteiger charge is 2.31. The van der Waals surface area contributed by atoms with Crippen molar-refractivity contribution in [3.05, 3.63) is 101 Å². The maximum Gasteiger partial charge on any atom is 0.416 e. The number of aromatic nitrogens is 4. The number of amides is 1. The molecule has 0 saturated heterocycles. The first-order chi connectivity index (χ1) is 15.3. The number of H-pyrrole nitrogens is 1. The van der Waals surface area contributed by atoms with Crippen molar-refractivity contribution in [2.75, 3.05) is 4.90 Å². The van der Waals surface area contributed by atoms with Gasteiger partial charge in [-0.1, -0.05) is 36.4 Å². The maximum absolute atomic E-state index is 13.2. The Kier molecular flexibility index (Phi) is 5.59. The lowest BCUT2D eigenvalue weighted by molar-refractivity contribution is -0.137. The summed E-state index contributed by atoms with van der Waals surface area (Å²) in [5.41, 5.74) is -0.972. The van der Waals surface area contributed by atoms with Crippen LogP contribution in [0.1, 0.15) is 11.1 Å². The molecule has 1 amide bonds. The van der Waals surface area contributed by atoms with Gasteiger partial charge < -0.3 is 0 Å². The summed E-state index contributed by atoms with van der Waals surface area (Å²) in [6.45, 7) is 0. The molecule has 32 heavy (non-hydrogen) atoms. The second-order valence-corrected chi connectivity index (χ2v) is 6.81. The van der Waals surface area contributed by atoms with Crippen LogP contribution >= 0.6 is 0 Å². The largest absolute Gasteiger partial charge is 0.416 e. The van der Waals surface area contributed by atoms with Gasteiger partial charge in [-0.3, -0.25) is 19.5 Å². The first-order valence-corrected chi connectivity index (χ1v) is 9.46. The quantitative estimate of drug-likeness (QED) is 0.512. The van der Waals surface area contributed by atoms with Crippen molar-refractivity contribution in [1.82, 2.24) is 19.7 Å². The molecule has 0 spiro atoms. The summed E-state index contributed by atoms with van der Waals surface area (Å²) in [5.74, 6) is -0.434. The van der Waals surface area contributed by atoms with Gasteiger partial charge in [0.2, 0.25) is 11.9 Å². The van der Waals surface area contributed by atoms with Gasteiger partial charge in [0.1, 0.15) is 5.69 Å². The molecule has 1 N–H and O–H groups in total. The number of anilines is 2. The molecule has 0 atom stereocenters. The van der Waals surface area contributed by atoms with Crippen LogP contribution < -0.4 is 10.5 Å². The van der Waals surface area contributed by atoms with Crippen LogP contribution in [-0.2, 0) is 17.4 Å². The third-order valence-corrected chi connectivity index (χ3v) is 4.60. The predicted molar refractivity (Wildman–Crippen MR) is 111 cm³/mol. The van der Waals surface area contributed by atoms with Crippen LogP contribution in [0, 0.1) is 0 Å². The van der Waals surface area contributed by atoms with Crippen molar-refractivity contribution in [3.63, 3.8) is 0 Å². The number of aromatic amines is 1. The van der Waals surface area contributed by atoms with E-state index in [4.69, 9.17) is 0 Å². The van der Waals surface area contributed by atoms with Gasteiger partial charge in [-0.15, -0.1) is 0 Å². The van der Waals surface area contributed by atoms with E-state index in [1.807, 2.05) is 0 Å². The Bertz CT molecular complexity index is 1280. The predicted octanol–water partition coefficient (Wildman–Crippen LogP) is 3.88.